The monoisotopic (exact) mass is 213 g/mol. The first-order valence-corrected chi connectivity index (χ1v) is 6.37. The fraction of sp³-hybridized carbons (Fsp3) is 0.455. The van der Waals surface area contributed by atoms with Crippen molar-refractivity contribution in [1.29, 1.82) is 0 Å². The zero-order chi connectivity index (χ0) is 11.0. The van der Waals surface area contributed by atoms with E-state index in [0.29, 0.717) is 0 Å². The van der Waals surface area contributed by atoms with E-state index in [1.54, 1.807) is 6.26 Å². The molecule has 0 aromatic heterocycles. The Morgan fingerprint density at radius 1 is 1.21 bits per heavy atom. The molecule has 1 N–H and O–H groups in total. The number of nitrogens with one attached hydrogen (secondary N) is 1. The fourth-order valence-electron chi connectivity index (χ4n) is 1.00. The molecule has 0 bridgehead atoms. The Morgan fingerprint density at radius 2 is 1.71 bits per heavy atom. The van der Waals surface area contributed by atoms with E-state index in [1.807, 2.05) is 45.2 Å². The van der Waals surface area contributed by atoms with Gasteiger partial charge in [-0.15, -0.1) is 0 Å². The van der Waals surface area contributed by atoms with Crippen LogP contribution in [0.2, 0.25) is 0 Å². The number of hydrogen-bond donors (Lipinski definition) is 1. The molecule has 0 amide bonds. The van der Waals surface area contributed by atoms with Crippen molar-refractivity contribution < 1.29 is 4.21 Å². The van der Waals surface area contributed by atoms with Crippen LogP contribution in [0.15, 0.2) is 29.2 Å². The first-order chi connectivity index (χ1) is 6.74. The summed E-state index contributed by atoms with van der Waals surface area (Å²) in [7, 11) is 1.05. The van der Waals surface area contributed by atoms with Crippen molar-refractivity contribution in [2.45, 2.75) is 25.3 Å². The predicted molar refractivity (Wildman–Crippen MR) is 62.9 cm³/mol. The van der Waals surface area contributed by atoms with Gasteiger partial charge in [0.1, 0.15) is 0 Å². The van der Waals surface area contributed by atoms with E-state index >= 15 is 0 Å². The van der Waals surface area contributed by atoms with Gasteiger partial charge in [0.2, 0.25) is 0 Å². The molecule has 3 heteroatoms. The van der Waals surface area contributed by atoms with E-state index in [-0.39, 0.29) is 0 Å². The quantitative estimate of drug-likeness (QED) is 0.833. The van der Waals surface area contributed by atoms with Gasteiger partial charge in [-0.25, -0.2) is 0 Å². The molecule has 0 aliphatic carbocycles. The maximum Gasteiger partial charge on any atom is 0.0498 e. The van der Waals surface area contributed by atoms with E-state index in [4.69, 9.17) is 0 Å². The van der Waals surface area contributed by atoms with Gasteiger partial charge in [-0.3, -0.25) is 4.21 Å². The van der Waals surface area contributed by atoms with Gasteiger partial charge in [0, 0.05) is 28.5 Å². The highest BCUT2D eigenvalue weighted by molar-refractivity contribution is 7.84. The average Bonchev–Trinajstić information content (AvgIpc) is 2.22. The predicted octanol–water partition coefficient (Wildman–Crippen LogP) is 2.17. The second kappa shape index (κ2) is 7.71. The van der Waals surface area contributed by atoms with Crippen molar-refractivity contribution in [3.63, 3.8) is 0 Å². The maximum absolute atomic E-state index is 11.0. The van der Waals surface area contributed by atoms with Gasteiger partial charge < -0.3 is 5.32 Å². The number of hydrogen-bond acceptors (Lipinski definition) is 2. The Kier molecular flexibility index (Phi) is 7.34. The third-order valence-electron chi connectivity index (χ3n) is 1.64. The summed E-state index contributed by atoms with van der Waals surface area (Å²) < 4.78 is 11.0. The second-order valence-electron chi connectivity index (χ2n) is 2.63. The van der Waals surface area contributed by atoms with Crippen LogP contribution in [0.5, 0.6) is 0 Å². The van der Waals surface area contributed by atoms with E-state index in [1.165, 1.54) is 5.56 Å². The van der Waals surface area contributed by atoms with Crippen LogP contribution in [0.3, 0.4) is 0 Å². The molecular weight excluding hydrogens is 194 g/mol. The van der Waals surface area contributed by atoms with E-state index in [2.05, 4.69) is 5.32 Å². The highest BCUT2D eigenvalue weighted by Gasteiger charge is 1.95. The van der Waals surface area contributed by atoms with Crippen molar-refractivity contribution in [1.82, 2.24) is 5.32 Å². The van der Waals surface area contributed by atoms with E-state index < -0.39 is 10.8 Å². The van der Waals surface area contributed by atoms with Crippen LogP contribution in [0.1, 0.15) is 19.4 Å². The molecule has 1 atom stereocenters. The van der Waals surface area contributed by atoms with Crippen LogP contribution in [-0.2, 0) is 17.3 Å². The summed E-state index contributed by atoms with van der Waals surface area (Å²) in [6.45, 7) is 4.86. The summed E-state index contributed by atoms with van der Waals surface area (Å²) >= 11 is 0. The molecule has 0 saturated heterocycles. The van der Waals surface area contributed by atoms with Gasteiger partial charge in [0.05, 0.1) is 0 Å². The van der Waals surface area contributed by atoms with Crippen molar-refractivity contribution >= 4 is 10.8 Å². The maximum atomic E-state index is 11.0. The van der Waals surface area contributed by atoms with Crippen LogP contribution < -0.4 is 5.32 Å². The Bertz CT molecular complexity index is 269. The average molecular weight is 213 g/mol. The van der Waals surface area contributed by atoms with E-state index in [9.17, 15) is 4.21 Å². The molecule has 1 unspecified atom stereocenters. The minimum absolute atomic E-state index is 0.858. The smallest absolute Gasteiger partial charge is 0.0498 e. The molecule has 0 fully saturated rings. The SMILES string of the molecule is CC.CNCc1ccc(S(C)=O)cc1. The molecule has 14 heavy (non-hydrogen) atoms. The lowest BCUT2D eigenvalue weighted by Gasteiger charge is -2.00. The zero-order valence-electron chi connectivity index (χ0n) is 9.33. The van der Waals surface area contributed by atoms with Crippen LogP contribution in [-0.4, -0.2) is 17.5 Å². The Hall–Kier alpha value is -0.670. The van der Waals surface area contributed by atoms with Crippen molar-refractivity contribution in [2.24, 2.45) is 0 Å². The van der Waals surface area contributed by atoms with Gasteiger partial charge in [-0.1, -0.05) is 26.0 Å². The van der Waals surface area contributed by atoms with Crippen molar-refractivity contribution in [3.8, 4) is 0 Å². The lowest BCUT2D eigenvalue weighted by Crippen LogP contribution is -2.04. The molecule has 80 valence electrons. The molecule has 0 aliphatic heterocycles. The van der Waals surface area contributed by atoms with Gasteiger partial charge in [-0.05, 0) is 24.7 Å². The van der Waals surface area contributed by atoms with Crippen LogP contribution in [0.4, 0.5) is 0 Å². The lowest BCUT2D eigenvalue weighted by molar-refractivity contribution is 0.686. The highest BCUT2D eigenvalue weighted by atomic mass is 32.2. The lowest BCUT2D eigenvalue weighted by atomic mass is 10.2. The molecule has 1 aromatic carbocycles. The molecule has 0 aliphatic rings. The summed E-state index contributed by atoms with van der Waals surface area (Å²) in [5.41, 5.74) is 1.21. The fourth-order valence-corrected chi connectivity index (χ4v) is 1.52. The molecular formula is C11H19NOS. The van der Waals surface area contributed by atoms with Crippen molar-refractivity contribution in [3.05, 3.63) is 29.8 Å². The molecule has 1 rings (SSSR count). The minimum Gasteiger partial charge on any atom is -0.316 e. The number of benzene rings is 1. The zero-order valence-corrected chi connectivity index (χ0v) is 10.1. The Labute approximate surface area is 89.2 Å². The summed E-state index contributed by atoms with van der Waals surface area (Å²) in [4.78, 5) is 0.884. The Morgan fingerprint density at radius 3 is 2.07 bits per heavy atom. The summed E-state index contributed by atoms with van der Waals surface area (Å²) in [6.07, 6.45) is 1.69. The molecule has 0 radical (unpaired) electrons. The molecule has 1 aromatic rings. The summed E-state index contributed by atoms with van der Waals surface area (Å²) in [5.74, 6) is 0. The van der Waals surface area contributed by atoms with Crippen LogP contribution in [0, 0.1) is 0 Å². The summed E-state index contributed by atoms with van der Waals surface area (Å²) in [6, 6.07) is 7.80. The highest BCUT2D eigenvalue weighted by Crippen LogP contribution is 2.06. The van der Waals surface area contributed by atoms with Gasteiger partial charge in [0.15, 0.2) is 0 Å². The number of rotatable bonds is 3. The Balaban J connectivity index is 0.000000791. The molecule has 2 nitrogen and oxygen atoms in total. The first kappa shape index (κ1) is 13.3. The third kappa shape index (κ3) is 4.53. The van der Waals surface area contributed by atoms with Crippen LogP contribution >= 0.6 is 0 Å². The normalized spacial score (nSPS) is 11.4. The van der Waals surface area contributed by atoms with Crippen LogP contribution in [0.25, 0.3) is 0 Å². The molecule has 0 saturated carbocycles. The van der Waals surface area contributed by atoms with Gasteiger partial charge in [0.25, 0.3) is 0 Å². The first-order valence-electron chi connectivity index (χ1n) is 4.81. The topological polar surface area (TPSA) is 29.1 Å². The van der Waals surface area contributed by atoms with Gasteiger partial charge >= 0.3 is 0 Å². The standard InChI is InChI=1S/C9H13NOS.C2H6/c1-10-7-8-3-5-9(6-4-8)12(2)11;1-2/h3-6,10H,7H2,1-2H3;1-2H3. The second-order valence-corrected chi connectivity index (χ2v) is 4.01. The molecule has 0 spiro atoms. The minimum atomic E-state index is -0.862. The van der Waals surface area contributed by atoms with E-state index in [0.717, 1.165) is 11.4 Å². The largest absolute Gasteiger partial charge is 0.316 e. The molecule has 0 heterocycles. The summed E-state index contributed by atoms with van der Waals surface area (Å²) in [5, 5.41) is 3.06. The van der Waals surface area contributed by atoms with Crippen molar-refractivity contribution in [2.75, 3.05) is 13.3 Å². The third-order valence-corrected chi connectivity index (χ3v) is 2.57. The van der Waals surface area contributed by atoms with Gasteiger partial charge in [-0.2, -0.15) is 0 Å².